The van der Waals surface area contributed by atoms with Crippen molar-refractivity contribution in [1.29, 1.82) is 0 Å². The van der Waals surface area contributed by atoms with E-state index in [9.17, 15) is 0 Å². The average molecular weight is 235 g/mol. The highest BCUT2D eigenvalue weighted by Crippen LogP contribution is 2.28. The fourth-order valence-corrected chi connectivity index (χ4v) is 2.14. The van der Waals surface area contributed by atoms with Gasteiger partial charge in [0.2, 0.25) is 0 Å². The maximum absolute atomic E-state index is 5.73. The molecule has 1 saturated carbocycles. The summed E-state index contributed by atoms with van der Waals surface area (Å²) < 4.78 is 2.09. The molecule has 0 amide bonds. The predicted octanol–water partition coefficient (Wildman–Crippen LogP) is 1.37. The second-order valence-electron chi connectivity index (χ2n) is 4.79. The number of nitrogens with zero attached hydrogens (tertiary/aromatic N) is 4. The molecule has 5 nitrogen and oxygen atoms in total. The lowest BCUT2D eigenvalue weighted by Crippen LogP contribution is -2.30. The van der Waals surface area contributed by atoms with E-state index >= 15 is 0 Å². The largest absolute Gasteiger partial charge is 0.370 e. The summed E-state index contributed by atoms with van der Waals surface area (Å²) in [5.74, 6) is 0.542. The summed E-state index contributed by atoms with van der Waals surface area (Å²) in [5.41, 5.74) is 6.72. The van der Waals surface area contributed by atoms with Gasteiger partial charge in [-0.05, 0) is 18.9 Å². The number of guanidine groups is 1. The van der Waals surface area contributed by atoms with Gasteiger partial charge in [-0.2, -0.15) is 5.10 Å². The Balaban J connectivity index is 1.96. The fraction of sp³-hybridized carbons (Fsp3) is 0.667. The molecular formula is C12H21N5. The Labute approximate surface area is 102 Å². The summed E-state index contributed by atoms with van der Waals surface area (Å²) in [6.07, 6.45) is 7.22. The van der Waals surface area contributed by atoms with Crippen molar-refractivity contribution in [1.82, 2.24) is 14.7 Å². The van der Waals surface area contributed by atoms with E-state index in [4.69, 9.17) is 5.73 Å². The summed E-state index contributed by atoms with van der Waals surface area (Å²) >= 11 is 0. The van der Waals surface area contributed by atoms with Crippen molar-refractivity contribution in [3.8, 4) is 0 Å². The molecule has 2 rings (SSSR count). The van der Waals surface area contributed by atoms with Gasteiger partial charge in [0.15, 0.2) is 5.96 Å². The lowest BCUT2D eigenvalue weighted by Gasteiger charge is -2.10. The standard InChI is InChI=1S/C12H21N5/c1-16(2)12(13)14-9-10-7-8-17(15-10)11-5-3-4-6-11/h7-8,11H,3-6,9H2,1-2H3,(H2,13,14). The third-order valence-electron chi connectivity index (χ3n) is 3.22. The van der Waals surface area contributed by atoms with Crippen molar-refractivity contribution in [3.05, 3.63) is 18.0 Å². The quantitative estimate of drug-likeness (QED) is 0.636. The molecule has 0 aliphatic heterocycles. The first-order chi connectivity index (χ1) is 8.16. The first kappa shape index (κ1) is 12.0. The van der Waals surface area contributed by atoms with Crippen molar-refractivity contribution < 1.29 is 0 Å². The van der Waals surface area contributed by atoms with E-state index in [1.165, 1.54) is 25.7 Å². The van der Waals surface area contributed by atoms with Crippen LogP contribution in [0.1, 0.15) is 37.4 Å². The normalized spacial score (nSPS) is 17.6. The van der Waals surface area contributed by atoms with Crippen molar-refractivity contribution >= 4 is 5.96 Å². The lowest BCUT2D eigenvalue weighted by molar-refractivity contribution is 0.463. The molecule has 0 bridgehead atoms. The third-order valence-corrected chi connectivity index (χ3v) is 3.22. The molecule has 94 valence electrons. The molecule has 1 aliphatic carbocycles. The fourth-order valence-electron chi connectivity index (χ4n) is 2.14. The summed E-state index contributed by atoms with van der Waals surface area (Å²) in [7, 11) is 3.77. The zero-order valence-electron chi connectivity index (χ0n) is 10.6. The van der Waals surface area contributed by atoms with Crippen LogP contribution in [0.4, 0.5) is 0 Å². The van der Waals surface area contributed by atoms with Crippen LogP contribution >= 0.6 is 0 Å². The summed E-state index contributed by atoms with van der Waals surface area (Å²) in [5, 5.41) is 4.56. The number of nitrogens with two attached hydrogens (primary N) is 1. The molecule has 0 spiro atoms. The number of rotatable bonds is 3. The highest BCUT2D eigenvalue weighted by Gasteiger charge is 2.17. The minimum absolute atomic E-state index is 0.542. The molecule has 1 heterocycles. The predicted molar refractivity (Wildman–Crippen MR) is 68.7 cm³/mol. The first-order valence-electron chi connectivity index (χ1n) is 6.18. The second kappa shape index (κ2) is 5.21. The van der Waals surface area contributed by atoms with Gasteiger partial charge in [-0.15, -0.1) is 0 Å². The van der Waals surface area contributed by atoms with Crippen LogP contribution in [0.2, 0.25) is 0 Å². The van der Waals surface area contributed by atoms with Crippen LogP contribution < -0.4 is 5.73 Å². The van der Waals surface area contributed by atoms with Crippen LogP contribution in [0.25, 0.3) is 0 Å². The lowest BCUT2D eigenvalue weighted by atomic mass is 10.3. The monoisotopic (exact) mass is 235 g/mol. The van der Waals surface area contributed by atoms with E-state index < -0.39 is 0 Å². The van der Waals surface area contributed by atoms with Gasteiger partial charge >= 0.3 is 0 Å². The van der Waals surface area contributed by atoms with Gasteiger partial charge in [-0.25, -0.2) is 4.99 Å². The van der Waals surface area contributed by atoms with E-state index in [1.54, 1.807) is 4.90 Å². The molecule has 1 aromatic heterocycles. The molecular weight excluding hydrogens is 214 g/mol. The van der Waals surface area contributed by atoms with Crippen LogP contribution in [0.3, 0.4) is 0 Å². The number of hydrogen-bond donors (Lipinski definition) is 1. The molecule has 0 saturated heterocycles. The molecule has 17 heavy (non-hydrogen) atoms. The van der Waals surface area contributed by atoms with E-state index in [1.807, 2.05) is 20.2 Å². The molecule has 1 aliphatic rings. The topological polar surface area (TPSA) is 59.4 Å². The van der Waals surface area contributed by atoms with Gasteiger partial charge in [0.1, 0.15) is 0 Å². The van der Waals surface area contributed by atoms with Crippen molar-refractivity contribution in [3.63, 3.8) is 0 Å². The number of aliphatic imine (C=N–C) groups is 1. The summed E-state index contributed by atoms with van der Waals surface area (Å²) in [4.78, 5) is 6.08. The number of hydrogen-bond acceptors (Lipinski definition) is 2. The Bertz CT molecular complexity index is 387. The molecule has 1 fully saturated rings. The molecule has 0 aromatic carbocycles. The van der Waals surface area contributed by atoms with Crippen LogP contribution in [-0.4, -0.2) is 34.7 Å². The van der Waals surface area contributed by atoms with Gasteiger partial charge < -0.3 is 10.6 Å². The minimum atomic E-state index is 0.542. The van der Waals surface area contributed by atoms with Crippen LogP contribution in [0, 0.1) is 0 Å². The Morgan fingerprint density at radius 1 is 1.53 bits per heavy atom. The summed E-state index contributed by atoms with van der Waals surface area (Å²) in [6, 6.07) is 2.63. The van der Waals surface area contributed by atoms with Gasteiger partial charge in [-0.3, -0.25) is 4.68 Å². The highest BCUT2D eigenvalue weighted by atomic mass is 15.3. The Morgan fingerprint density at radius 3 is 2.88 bits per heavy atom. The Morgan fingerprint density at radius 2 is 2.24 bits per heavy atom. The minimum Gasteiger partial charge on any atom is -0.370 e. The van der Waals surface area contributed by atoms with Crippen molar-refractivity contribution in [2.75, 3.05) is 14.1 Å². The smallest absolute Gasteiger partial charge is 0.191 e. The van der Waals surface area contributed by atoms with Gasteiger partial charge in [-0.1, -0.05) is 12.8 Å². The molecule has 0 unspecified atom stereocenters. The van der Waals surface area contributed by atoms with E-state index in [0.717, 1.165) is 5.69 Å². The summed E-state index contributed by atoms with van der Waals surface area (Å²) in [6.45, 7) is 0.559. The van der Waals surface area contributed by atoms with E-state index in [-0.39, 0.29) is 0 Å². The maximum atomic E-state index is 5.73. The van der Waals surface area contributed by atoms with Gasteiger partial charge in [0.25, 0.3) is 0 Å². The maximum Gasteiger partial charge on any atom is 0.191 e. The van der Waals surface area contributed by atoms with Crippen LogP contribution in [-0.2, 0) is 6.54 Å². The van der Waals surface area contributed by atoms with E-state index in [0.29, 0.717) is 18.5 Å². The third kappa shape index (κ3) is 2.99. The van der Waals surface area contributed by atoms with Crippen molar-refractivity contribution in [2.45, 2.75) is 38.3 Å². The molecule has 0 radical (unpaired) electrons. The zero-order valence-corrected chi connectivity index (χ0v) is 10.6. The second-order valence-corrected chi connectivity index (χ2v) is 4.79. The molecule has 5 heteroatoms. The van der Waals surface area contributed by atoms with Gasteiger partial charge in [0, 0.05) is 20.3 Å². The van der Waals surface area contributed by atoms with E-state index in [2.05, 4.69) is 21.0 Å². The molecule has 2 N–H and O–H groups in total. The van der Waals surface area contributed by atoms with Gasteiger partial charge in [0.05, 0.1) is 18.3 Å². The first-order valence-corrected chi connectivity index (χ1v) is 6.18. The Hall–Kier alpha value is -1.52. The Kier molecular flexibility index (Phi) is 3.66. The highest BCUT2D eigenvalue weighted by molar-refractivity contribution is 5.77. The average Bonchev–Trinajstić information content (AvgIpc) is 2.95. The van der Waals surface area contributed by atoms with Crippen LogP contribution in [0.15, 0.2) is 17.3 Å². The zero-order chi connectivity index (χ0) is 12.3. The molecule has 0 atom stereocenters. The molecule has 1 aromatic rings. The SMILES string of the molecule is CN(C)C(N)=NCc1ccn(C2CCCC2)n1. The number of aromatic nitrogens is 2. The van der Waals surface area contributed by atoms with Crippen molar-refractivity contribution in [2.24, 2.45) is 10.7 Å². The van der Waals surface area contributed by atoms with Crippen LogP contribution in [0.5, 0.6) is 0 Å².